The summed E-state index contributed by atoms with van der Waals surface area (Å²) in [5, 5.41) is 15.1. The van der Waals surface area contributed by atoms with Crippen LogP contribution >= 0.6 is 0 Å². The predicted octanol–water partition coefficient (Wildman–Crippen LogP) is 12.8. The molecule has 6 nitrogen and oxygen atoms in total. The summed E-state index contributed by atoms with van der Waals surface area (Å²) in [7, 11) is 0. The molecule has 0 atom stereocenters. The standard InChI is InChI=1S/C63H45N6/c1-7-19-52-46(13-1)37-47-14-2-8-20-53(47)58(52)40-67-31-25-43(26-32-67)61-64-62(44-27-33-68(34-28-44)41-59-54-21-9-3-15-48(54)38-49-16-4-10-22-55(49)59)66-63(65-61)45-29-35-69(36-30-45)42-60-56-23-11-5-17-50(56)39-51-18-6-12-24-57(51)60/h1-39H,40-42H2/q+3. The van der Waals surface area contributed by atoms with Gasteiger partial charge in [0, 0.05) is 69.8 Å². The monoisotopic (exact) mass is 885 g/mol. The van der Waals surface area contributed by atoms with Crippen LogP contribution in [0.4, 0.5) is 0 Å². The topological polar surface area (TPSA) is 50.3 Å². The van der Waals surface area contributed by atoms with Crippen molar-refractivity contribution >= 4 is 64.6 Å². The Balaban J connectivity index is 0.865. The maximum atomic E-state index is 5.18. The van der Waals surface area contributed by atoms with Gasteiger partial charge in [0.25, 0.3) is 0 Å². The van der Waals surface area contributed by atoms with Gasteiger partial charge in [-0.1, -0.05) is 146 Å². The van der Waals surface area contributed by atoms with Gasteiger partial charge in [-0.15, -0.1) is 0 Å². The van der Waals surface area contributed by atoms with E-state index in [0.29, 0.717) is 17.5 Å². The molecule has 0 aliphatic heterocycles. The number of pyridine rings is 3. The number of hydrogen-bond acceptors (Lipinski definition) is 3. The van der Waals surface area contributed by atoms with Crippen molar-refractivity contribution in [1.29, 1.82) is 0 Å². The summed E-state index contributed by atoms with van der Waals surface area (Å²) in [5.41, 5.74) is 6.66. The largest absolute Gasteiger partial charge is 0.208 e. The third-order valence-electron chi connectivity index (χ3n) is 13.8. The van der Waals surface area contributed by atoms with Crippen LogP contribution in [0.5, 0.6) is 0 Å². The molecule has 4 aromatic heterocycles. The number of rotatable bonds is 9. The van der Waals surface area contributed by atoms with E-state index in [0.717, 1.165) is 36.3 Å². The van der Waals surface area contributed by atoms with E-state index >= 15 is 0 Å². The summed E-state index contributed by atoms with van der Waals surface area (Å²) in [5.74, 6) is 1.86. The molecule has 0 bridgehead atoms. The lowest BCUT2D eigenvalue weighted by Gasteiger charge is -2.11. The van der Waals surface area contributed by atoms with E-state index < -0.39 is 0 Å². The van der Waals surface area contributed by atoms with E-state index in [-0.39, 0.29) is 0 Å². The second-order valence-corrected chi connectivity index (χ2v) is 18.0. The Hall–Kier alpha value is -9.00. The van der Waals surface area contributed by atoms with Crippen LogP contribution in [0.25, 0.3) is 98.8 Å². The first-order valence-electron chi connectivity index (χ1n) is 23.6. The Bertz CT molecular complexity index is 3490. The van der Waals surface area contributed by atoms with Gasteiger partial charge in [0.05, 0.1) is 0 Å². The fourth-order valence-electron chi connectivity index (χ4n) is 10.3. The normalized spacial score (nSPS) is 11.7. The Morgan fingerprint density at radius 2 is 0.449 bits per heavy atom. The van der Waals surface area contributed by atoms with Gasteiger partial charge in [0.1, 0.15) is 0 Å². The van der Waals surface area contributed by atoms with Gasteiger partial charge in [0.15, 0.2) is 74.3 Å². The van der Waals surface area contributed by atoms with Crippen LogP contribution in [-0.4, -0.2) is 15.0 Å². The van der Waals surface area contributed by atoms with Crippen LogP contribution < -0.4 is 13.7 Å². The van der Waals surface area contributed by atoms with Crippen LogP contribution in [0.2, 0.25) is 0 Å². The summed E-state index contributed by atoms with van der Waals surface area (Å²) in [6, 6.07) is 71.6. The van der Waals surface area contributed by atoms with Gasteiger partial charge < -0.3 is 0 Å². The number of nitrogens with zero attached hydrogens (tertiary/aromatic N) is 6. The van der Waals surface area contributed by atoms with Crippen LogP contribution in [0.1, 0.15) is 16.7 Å². The van der Waals surface area contributed by atoms with Gasteiger partial charge in [-0.25, -0.2) is 28.7 Å². The molecule has 69 heavy (non-hydrogen) atoms. The molecular weight excluding hydrogens is 841 g/mol. The van der Waals surface area contributed by atoms with Crippen molar-refractivity contribution in [2.24, 2.45) is 0 Å². The van der Waals surface area contributed by atoms with Crippen LogP contribution in [0.3, 0.4) is 0 Å². The van der Waals surface area contributed by atoms with Crippen molar-refractivity contribution in [2.75, 3.05) is 0 Å². The van der Waals surface area contributed by atoms with E-state index in [1.807, 2.05) is 0 Å². The van der Waals surface area contributed by atoms with E-state index in [2.05, 4.69) is 251 Å². The van der Waals surface area contributed by atoms with Crippen molar-refractivity contribution in [3.8, 4) is 34.2 Å². The number of benzene rings is 9. The molecule has 324 valence electrons. The number of hydrogen-bond donors (Lipinski definition) is 0. The van der Waals surface area contributed by atoms with Gasteiger partial charge >= 0.3 is 0 Å². The average Bonchev–Trinajstić information content (AvgIpc) is 3.41. The third kappa shape index (κ3) is 7.58. The lowest BCUT2D eigenvalue weighted by Crippen LogP contribution is -2.33. The first-order valence-corrected chi connectivity index (χ1v) is 23.6. The van der Waals surface area contributed by atoms with E-state index in [1.165, 1.54) is 81.3 Å². The summed E-state index contributed by atoms with van der Waals surface area (Å²) in [6.07, 6.45) is 12.8. The minimum Gasteiger partial charge on any atom is -0.208 e. The van der Waals surface area contributed by atoms with Gasteiger partial charge in [-0.2, -0.15) is 0 Å². The van der Waals surface area contributed by atoms with E-state index in [9.17, 15) is 0 Å². The average molecular weight is 886 g/mol. The van der Waals surface area contributed by atoms with Crippen molar-refractivity contribution < 1.29 is 13.7 Å². The molecule has 0 unspecified atom stereocenters. The highest BCUT2D eigenvalue weighted by atomic mass is 15.0. The predicted molar refractivity (Wildman–Crippen MR) is 278 cm³/mol. The van der Waals surface area contributed by atoms with Gasteiger partial charge in [-0.3, -0.25) is 0 Å². The Morgan fingerprint density at radius 1 is 0.246 bits per heavy atom. The maximum absolute atomic E-state index is 5.18. The van der Waals surface area contributed by atoms with E-state index in [1.54, 1.807) is 0 Å². The second-order valence-electron chi connectivity index (χ2n) is 18.0. The first kappa shape index (κ1) is 40.3. The fraction of sp³-hybridized carbons (Fsp3) is 0.0476. The highest BCUT2D eigenvalue weighted by Gasteiger charge is 2.19. The molecule has 6 heteroatoms. The summed E-state index contributed by atoms with van der Waals surface area (Å²) >= 11 is 0. The van der Waals surface area contributed by atoms with E-state index in [4.69, 9.17) is 15.0 Å². The first-order chi connectivity index (χ1) is 34.1. The third-order valence-corrected chi connectivity index (χ3v) is 13.8. The molecule has 0 saturated heterocycles. The zero-order chi connectivity index (χ0) is 45.7. The minimum absolute atomic E-state index is 0.621. The zero-order valence-corrected chi connectivity index (χ0v) is 37.8. The molecule has 13 rings (SSSR count). The molecule has 4 heterocycles. The van der Waals surface area contributed by atoms with Gasteiger partial charge in [0.2, 0.25) is 0 Å². The molecular formula is C63H45N6+3. The summed E-state index contributed by atoms with van der Waals surface area (Å²) in [6.45, 7) is 2.19. The second kappa shape index (κ2) is 17.0. The molecule has 0 spiro atoms. The quantitative estimate of drug-likeness (QED) is 0.107. The molecule has 0 N–H and O–H groups in total. The highest BCUT2D eigenvalue weighted by molar-refractivity contribution is 6.04. The molecule has 0 aliphatic carbocycles. The van der Waals surface area contributed by atoms with Crippen molar-refractivity contribution in [1.82, 2.24) is 15.0 Å². The summed E-state index contributed by atoms with van der Waals surface area (Å²) in [4.78, 5) is 15.5. The molecule has 0 radical (unpaired) electrons. The molecule has 13 aromatic rings. The van der Waals surface area contributed by atoms with Crippen LogP contribution in [-0.2, 0) is 19.6 Å². The Kier molecular flexibility index (Phi) is 9.94. The van der Waals surface area contributed by atoms with Crippen molar-refractivity contribution in [2.45, 2.75) is 19.6 Å². The van der Waals surface area contributed by atoms with Gasteiger partial charge in [-0.05, 0) is 82.8 Å². The lowest BCUT2D eigenvalue weighted by atomic mass is 9.96. The molecule has 0 amide bonds. The number of aromatic nitrogens is 6. The Labute approximate surface area is 399 Å². The van der Waals surface area contributed by atoms with Crippen molar-refractivity contribution in [3.05, 3.63) is 254 Å². The van der Waals surface area contributed by atoms with Crippen LogP contribution in [0, 0.1) is 0 Å². The SMILES string of the molecule is c1ccc2c(C[n+]3ccc(-c4nc(-c5cc[n+](Cc6c7ccccc7cc7ccccc67)cc5)nc(-c5cc[n+](Cc6c7ccccc7cc7ccccc67)cc5)n4)cc3)c3ccccc3cc2c1. The smallest absolute Gasteiger partial charge is 0.175 e. The summed E-state index contributed by atoms with van der Waals surface area (Å²) < 4.78 is 6.72. The molecule has 0 saturated carbocycles. The van der Waals surface area contributed by atoms with Crippen LogP contribution in [0.15, 0.2) is 237 Å². The highest BCUT2D eigenvalue weighted by Crippen LogP contribution is 2.32. The molecule has 0 fully saturated rings. The molecule has 0 aliphatic rings. The minimum atomic E-state index is 0.621. The zero-order valence-electron chi connectivity index (χ0n) is 37.8. The fourth-order valence-corrected chi connectivity index (χ4v) is 10.3. The maximum Gasteiger partial charge on any atom is 0.175 e. The Morgan fingerprint density at radius 3 is 0.667 bits per heavy atom. The van der Waals surface area contributed by atoms with Crippen molar-refractivity contribution in [3.63, 3.8) is 0 Å². The lowest BCUT2D eigenvalue weighted by molar-refractivity contribution is -0.688. The number of fused-ring (bicyclic) bond motifs is 6. The molecule has 9 aromatic carbocycles.